The largest absolute Gasteiger partial charge is 0.226 e. The summed E-state index contributed by atoms with van der Waals surface area (Å²) < 4.78 is 2.50. The average molecular weight is 253 g/mol. The van der Waals surface area contributed by atoms with Gasteiger partial charge in [0.2, 0.25) is 0 Å². The van der Waals surface area contributed by atoms with Crippen molar-refractivity contribution in [3.05, 3.63) is 34.5 Å². The molecule has 0 N–H and O–H groups in total. The van der Waals surface area contributed by atoms with Crippen LogP contribution < -0.4 is 0 Å². The number of hydrogen-bond donors (Lipinski definition) is 0. The molecular weight excluding hydrogens is 244 g/mol. The number of aryl methyl sites for hydroxylation is 2. The first-order valence-corrected chi connectivity index (χ1v) is 4.97. The van der Waals surface area contributed by atoms with E-state index in [4.69, 9.17) is 0 Å². The number of nitrogens with zero attached hydrogens (tertiary/aromatic N) is 4. The van der Waals surface area contributed by atoms with Crippen LogP contribution >= 0.6 is 15.9 Å². The first kappa shape index (κ1) is 9.33. The minimum absolute atomic E-state index is 0.725. The molecule has 0 atom stereocenters. The van der Waals surface area contributed by atoms with Gasteiger partial charge >= 0.3 is 0 Å². The Balaban J connectivity index is 2.51. The summed E-state index contributed by atoms with van der Waals surface area (Å²) in [5, 5.41) is 4.17. The maximum atomic E-state index is 4.28. The Morgan fingerprint density at radius 1 is 1.29 bits per heavy atom. The summed E-state index contributed by atoms with van der Waals surface area (Å²) in [5.41, 5.74) is 1.11. The molecular formula is C9H9BrN4. The molecule has 4 nitrogen and oxygen atoms in total. The van der Waals surface area contributed by atoms with Crippen LogP contribution in [0.3, 0.4) is 0 Å². The van der Waals surface area contributed by atoms with Crippen molar-refractivity contribution in [1.29, 1.82) is 0 Å². The lowest BCUT2D eigenvalue weighted by Crippen LogP contribution is -2.00. The maximum absolute atomic E-state index is 4.28. The van der Waals surface area contributed by atoms with Gasteiger partial charge in [-0.25, -0.2) is 14.6 Å². The Bertz CT molecular complexity index is 443. The fourth-order valence-corrected chi connectivity index (χ4v) is 1.63. The van der Waals surface area contributed by atoms with Crippen molar-refractivity contribution in [2.75, 3.05) is 0 Å². The Hall–Kier alpha value is -1.23. The number of halogens is 1. The average Bonchev–Trinajstić information content (AvgIpc) is 2.50. The van der Waals surface area contributed by atoms with Crippen molar-refractivity contribution in [2.24, 2.45) is 0 Å². The normalized spacial score (nSPS) is 10.5. The molecule has 2 aromatic rings. The van der Waals surface area contributed by atoms with Gasteiger partial charge < -0.3 is 0 Å². The third kappa shape index (κ3) is 1.82. The van der Waals surface area contributed by atoms with Crippen LogP contribution in [0.15, 0.2) is 23.1 Å². The molecule has 2 rings (SSSR count). The lowest BCUT2D eigenvalue weighted by atomic mass is 10.4. The van der Waals surface area contributed by atoms with Gasteiger partial charge in [0.05, 0.1) is 6.20 Å². The number of rotatable bonds is 1. The fourth-order valence-electron chi connectivity index (χ4n) is 1.17. The van der Waals surface area contributed by atoms with Crippen molar-refractivity contribution in [3.63, 3.8) is 0 Å². The first-order chi connectivity index (χ1) is 6.65. The molecule has 0 unspecified atom stereocenters. The van der Waals surface area contributed by atoms with Crippen molar-refractivity contribution in [2.45, 2.75) is 13.8 Å². The first-order valence-electron chi connectivity index (χ1n) is 4.18. The van der Waals surface area contributed by atoms with Gasteiger partial charge in [0.25, 0.3) is 0 Å². The van der Waals surface area contributed by atoms with E-state index in [0.717, 1.165) is 21.8 Å². The predicted molar refractivity (Wildman–Crippen MR) is 56.3 cm³/mol. The van der Waals surface area contributed by atoms with E-state index in [1.807, 2.05) is 26.1 Å². The van der Waals surface area contributed by atoms with E-state index in [0.29, 0.717) is 0 Å². The second kappa shape index (κ2) is 3.49. The van der Waals surface area contributed by atoms with Gasteiger partial charge in [-0.15, -0.1) is 0 Å². The number of aromatic nitrogens is 4. The molecule has 5 heteroatoms. The summed E-state index contributed by atoms with van der Waals surface area (Å²) in [4.78, 5) is 8.41. The summed E-state index contributed by atoms with van der Waals surface area (Å²) in [7, 11) is 0. The molecule has 72 valence electrons. The molecule has 0 amide bonds. The minimum Gasteiger partial charge on any atom is -0.226 e. The van der Waals surface area contributed by atoms with Crippen LogP contribution in [0.1, 0.15) is 11.4 Å². The van der Waals surface area contributed by atoms with Crippen LogP contribution in [0.5, 0.6) is 0 Å². The topological polar surface area (TPSA) is 43.6 Å². The molecule has 0 aromatic carbocycles. The van der Waals surface area contributed by atoms with E-state index in [9.17, 15) is 0 Å². The van der Waals surface area contributed by atoms with Gasteiger partial charge in [-0.2, -0.15) is 5.10 Å². The van der Waals surface area contributed by atoms with Gasteiger partial charge in [-0.3, -0.25) is 0 Å². The molecule has 0 bridgehead atoms. The summed E-state index contributed by atoms with van der Waals surface area (Å²) in [6.07, 6.45) is 3.72. The highest BCUT2D eigenvalue weighted by Crippen LogP contribution is 2.11. The van der Waals surface area contributed by atoms with Crippen molar-refractivity contribution in [3.8, 4) is 5.82 Å². The predicted octanol–water partition coefficient (Wildman–Crippen LogP) is 2.04. The summed E-state index contributed by atoms with van der Waals surface area (Å²) in [6, 6.07) is 1.83. The molecule has 2 aromatic heterocycles. The Labute approximate surface area is 90.1 Å². The Morgan fingerprint density at radius 3 is 2.64 bits per heavy atom. The zero-order chi connectivity index (χ0) is 10.1. The minimum atomic E-state index is 0.725. The van der Waals surface area contributed by atoms with E-state index in [1.54, 1.807) is 10.9 Å². The van der Waals surface area contributed by atoms with E-state index < -0.39 is 0 Å². The van der Waals surface area contributed by atoms with Crippen molar-refractivity contribution >= 4 is 15.9 Å². The summed E-state index contributed by atoms with van der Waals surface area (Å²) in [6.45, 7) is 3.84. The van der Waals surface area contributed by atoms with E-state index >= 15 is 0 Å². The standard InChI is InChI=1S/C9H9BrN4/c1-6-4-11-14(5-6)9-3-8(10)12-7(2)13-9/h3-5H,1-2H3. The summed E-state index contributed by atoms with van der Waals surface area (Å²) in [5.74, 6) is 1.50. The van der Waals surface area contributed by atoms with Gasteiger partial charge in [0, 0.05) is 12.3 Å². The van der Waals surface area contributed by atoms with E-state index in [-0.39, 0.29) is 0 Å². The second-order valence-electron chi connectivity index (χ2n) is 3.06. The SMILES string of the molecule is Cc1cnn(-c2cc(Br)nc(C)n2)c1. The molecule has 0 aliphatic rings. The van der Waals surface area contributed by atoms with Crippen LogP contribution in [-0.4, -0.2) is 19.7 Å². The zero-order valence-corrected chi connectivity index (χ0v) is 9.48. The van der Waals surface area contributed by atoms with Crippen LogP contribution in [0.2, 0.25) is 0 Å². The quantitative estimate of drug-likeness (QED) is 0.730. The Morgan fingerprint density at radius 2 is 2.07 bits per heavy atom. The van der Waals surface area contributed by atoms with Gasteiger partial charge in [-0.05, 0) is 35.3 Å². The fraction of sp³-hybridized carbons (Fsp3) is 0.222. The lowest BCUT2D eigenvalue weighted by molar-refractivity contribution is 0.824. The molecule has 0 aliphatic heterocycles. The highest BCUT2D eigenvalue weighted by atomic mass is 79.9. The monoisotopic (exact) mass is 252 g/mol. The van der Waals surface area contributed by atoms with Crippen LogP contribution in [0.4, 0.5) is 0 Å². The Kier molecular flexibility index (Phi) is 2.33. The molecule has 0 saturated heterocycles. The van der Waals surface area contributed by atoms with Crippen molar-refractivity contribution < 1.29 is 0 Å². The highest BCUT2D eigenvalue weighted by Gasteiger charge is 2.02. The molecule has 0 aliphatic carbocycles. The van der Waals surface area contributed by atoms with Crippen LogP contribution in [0, 0.1) is 13.8 Å². The molecule has 2 heterocycles. The van der Waals surface area contributed by atoms with E-state index in [1.165, 1.54) is 0 Å². The molecule has 0 saturated carbocycles. The van der Waals surface area contributed by atoms with Gasteiger partial charge in [0.15, 0.2) is 5.82 Å². The maximum Gasteiger partial charge on any atom is 0.158 e. The third-order valence-corrected chi connectivity index (χ3v) is 2.15. The highest BCUT2D eigenvalue weighted by molar-refractivity contribution is 9.10. The van der Waals surface area contributed by atoms with Gasteiger partial charge in [0.1, 0.15) is 10.4 Å². The second-order valence-corrected chi connectivity index (χ2v) is 3.87. The molecule has 0 fully saturated rings. The van der Waals surface area contributed by atoms with Gasteiger partial charge in [-0.1, -0.05) is 0 Å². The molecule has 14 heavy (non-hydrogen) atoms. The van der Waals surface area contributed by atoms with Crippen molar-refractivity contribution in [1.82, 2.24) is 19.7 Å². The zero-order valence-electron chi connectivity index (χ0n) is 7.90. The van der Waals surface area contributed by atoms with E-state index in [2.05, 4.69) is 31.0 Å². The third-order valence-electron chi connectivity index (χ3n) is 1.74. The summed E-state index contributed by atoms with van der Waals surface area (Å²) >= 11 is 3.32. The molecule has 0 spiro atoms. The number of hydrogen-bond acceptors (Lipinski definition) is 3. The van der Waals surface area contributed by atoms with Crippen LogP contribution in [-0.2, 0) is 0 Å². The lowest BCUT2D eigenvalue weighted by Gasteiger charge is -2.01. The van der Waals surface area contributed by atoms with Crippen LogP contribution in [0.25, 0.3) is 5.82 Å². The smallest absolute Gasteiger partial charge is 0.158 e. The molecule has 0 radical (unpaired) electrons.